The van der Waals surface area contributed by atoms with E-state index in [0.717, 1.165) is 70.6 Å². The maximum absolute atomic E-state index is 13.2. The minimum atomic E-state index is -0.797. The number of carbonyl (C=O) groups is 2. The molecule has 0 rings (SSSR count). The molecule has 0 aliphatic carbocycles. The molecule has 0 aliphatic rings. The molecule has 3 N–H and O–H groups in total. The van der Waals surface area contributed by atoms with Crippen LogP contribution in [0.3, 0.4) is 0 Å². The number of hydrogen-bond acceptors (Lipinski definition) is 5. The Morgan fingerprint density at radius 2 is 0.887 bits per heavy atom. The zero-order valence-electron chi connectivity index (χ0n) is 41.3. The van der Waals surface area contributed by atoms with Crippen LogP contribution in [0.2, 0.25) is 0 Å². The van der Waals surface area contributed by atoms with E-state index in [0.29, 0.717) is 19.3 Å². The van der Waals surface area contributed by atoms with Crippen LogP contribution in [0.5, 0.6) is 0 Å². The number of aliphatic hydroxyl groups is 2. The molecule has 0 saturated heterocycles. The number of unbranched alkanes of at least 4 members (excludes halogenated alkanes) is 30. The summed E-state index contributed by atoms with van der Waals surface area (Å²) in [5.41, 5.74) is 0. The van der Waals surface area contributed by atoms with Crippen molar-refractivity contribution in [3.8, 4) is 0 Å². The lowest BCUT2D eigenvalue weighted by molar-refractivity contribution is -0.151. The second-order valence-electron chi connectivity index (χ2n) is 18.3. The zero-order chi connectivity index (χ0) is 45.2. The molecule has 0 heterocycles. The van der Waals surface area contributed by atoms with Crippen LogP contribution in [0.4, 0.5) is 0 Å². The first-order valence-corrected chi connectivity index (χ1v) is 26.9. The fourth-order valence-corrected chi connectivity index (χ4v) is 8.13. The van der Waals surface area contributed by atoms with Gasteiger partial charge in [-0.15, -0.1) is 0 Å². The molecule has 3 atom stereocenters. The van der Waals surface area contributed by atoms with Crippen molar-refractivity contribution in [2.24, 2.45) is 0 Å². The minimum absolute atomic E-state index is 0.0537. The third-order valence-corrected chi connectivity index (χ3v) is 12.2. The van der Waals surface area contributed by atoms with E-state index in [-0.39, 0.29) is 24.9 Å². The quantitative estimate of drug-likeness (QED) is 0.0245. The lowest BCUT2D eigenvalue weighted by Gasteiger charge is -2.24. The number of aliphatic hydroxyl groups excluding tert-OH is 2. The molecule has 362 valence electrons. The van der Waals surface area contributed by atoms with Crippen molar-refractivity contribution in [3.05, 3.63) is 48.6 Å². The maximum Gasteiger partial charge on any atom is 0.306 e. The van der Waals surface area contributed by atoms with Crippen LogP contribution >= 0.6 is 0 Å². The number of nitrogens with one attached hydrogen (secondary N) is 1. The van der Waals surface area contributed by atoms with E-state index in [1.165, 1.54) is 154 Å². The first-order chi connectivity index (χ1) is 30.5. The number of esters is 1. The number of hydrogen-bond donors (Lipinski definition) is 3. The monoisotopic (exact) mass is 870 g/mol. The predicted molar refractivity (Wildman–Crippen MR) is 269 cm³/mol. The van der Waals surface area contributed by atoms with Gasteiger partial charge in [-0.1, -0.05) is 236 Å². The van der Waals surface area contributed by atoms with Crippen LogP contribution in [-0.2, 0) is 14.3 Å². The normalized spacial score (nSPS) is 13.6. The summed E-state index contributed by atoms with van der Waals surface area (Å²) >= 11 is 0. The summed E-state index contributed by atoms with van der Waals surface area (Å²) in [6.45, 7) is 6.34. The third kappa shape index (κ3) is 44.4. The Bertz CT molecular complexity index is 1070. The molecule has 0 spiro atoms. The van der Waals surface area contributed by atoms with Gasteiger partial charge in [-0.2, -0.15) is 0 Å². The Hall–Kier alpha value is -2.18. The number of amides is 1. The second-order valence-corrected chi connectivity index (χ2v) is 18.3. The zero-order valence-corrected chi connectivity index (χ0v) is 41.3. The van der Waals surface area contributed by atoms with Gasteiger partial charge in [0.15, 0.2) is 0 Å². The van der Waals surface area contributed by atoms with Crippen molar-refractivity contribution in [3.63, 3.8) is 0 Å². The van der Waals surface area contributed by atoms with Crippen molar-refractivity contribution in [1.82, 2.24) is 5.32 Å². The summed E-state index contributed by atoms with van der Waals surface area (Å²) in [6, 6.07) is -0.713. The molecular formula is C56H103NO5. The highest BCUT2D eigenvalue weighted by Crippen LogP contribution is 2.18. The first kappa shape index (κ1) is 59.8. The summed E-state index contributed by atoms with van der Waals surface area (Å²) in [7, 11) is 0. The van der Waals surface area contributed by atoms with Crippen LogP contribution in [0.1, 0.15) is 271 Å². The molecule has 0 aliphatic heterocycles. The Kier molecular flexibility index (Phi) is 48.1. The Morgan fingerprint density at radius 3 is 1.39 bits per heavy atom. The SMILES string of the molecule is CC/C=C/C=C/C=C\CCCCCC(CC(=O)NC(CO)C(O)CCCCCCCCCCCCCCCCCCC)OC(=O)CCCCCCCCC/C=C\CCCCCC. The molecule has 0 bridgehead atoms. The molecule has 0 aromatic heterocycles. The molecular weight excluding hydrogens is 767 g/mol. The van der Waals surface area contributed by atoms with E-state index in [9.17, 15) is 19.8 Å². The van der Waals surface area contributed by atoms with Gasteiger partial charge in [0.1, 0.15) is 6.10 Å². The topological polar surface area (TPSA) is 95.9 Å². The molecule has 0 fully saturated rings. The molecule has 0 aromatic carbocycles. The van der Waals surface area contributed by atoms with E-state index in [2.05, 4.69) is 68.6 Å². The fourth-order valence-electron chi connectivity index (χ4n) is 8.13. The van der Waals surface area contributed by atoms with Crippen molar-refractivity contribution < 1.29 is 24.5 Å². The average molecular weight is 870 g/mol. The Labute approximate surface area is 385 Å². The smallest absolute Gasteiger partial charge is 0.306 e. The molecule has 6 nitrogen and oxygen atoms in total. The average Bonchev–Trinajstić information content (AvgIpc) is 3.26. The number of ether oxygens (including phenoxy) is 1. The fraction of sp³-hybridized carbons (Fsp3) is 0.821. The van der Waals surface area contributed by atoms with E-state index in [1.54, 1.807) is 0 Å². The Balaban J connectivity index is 4.49. The molecule has 62 heavy (non-hydrogen) atoms. The van der Waals surface area contributed by atoms with Gasteiger partial charge in [-0.05, 0) is 70.6 Å². The molecule has 0 aromatic rings. The summed E-state index contributed by atoms with van der Waals surface area (Å²) in [4.78, 5) is 26.1. The van der Waals surface area contributed by atoms with Gasteiger partial charge in [0.2, 0.25) is 5.91 Å². The van der Waals surface area contributed by atoms with E-state index >= 15 is 0 Å². The van der Waals surface area contributed by atoms with Gasteiger partial charge in [0.25, 0.3) is 0 Å². The molecule has 6 heteroatoms. The van der Waals surface area contributed by atoms with E-state index < -0.39 is 18.2 Å². The highest BCUT2D eigenvalue weighted by molar-refractivity contribution is 5.77. The van der Waals surface area contributed by atoms with Crippen LogP contribution in [0.15, 0.2) is 48.6 Å². The van der Waals surface area contributed by atoms with Crippen molar-refractivity contribution in [1.29, 1.82) is 0 Å². The van der Waals surface area contributed by atoms with Crippen LogP contribution in [0.25, 0.3) is 0 Å². The summed E-state index contributed by atoms with van der Waals surface area (Å²) in [5.74, 6) is -0.508. The Morgan fingerprint density at radius 1 is 0.484 bits per heavy atom. The third-order valence-electron chi connectivity index (χ3n) is 12.2. The molecule has 0 saturated carbocycles. The largest absolute Gasteiger partial charge is 0.462 e. The van der Waals surface area contributed by atoms with Gasteiger partial charge in [-0.3, -0.25) is 9.59 Å². The van der Waals surface area contributed by atoms with Gasteiger partial charge in [0.05, 0.1) is 25.2 Å². The van der Waals surface area contributed by atoms with Crippen molar-refractivity contribution in [2.45, 2.75) is 289 Å². The van der Waals surface area contributed by atoms with Gasteiger partial charge in [-0.25, -0.2) is 0 Å². The lowest BCUT2D eigenvalue weighted by Crippen LogP contribution is -2.46. The number of allylic oxidation sites excluding steroid dienone is 8. The lowest BCUT2D eigenvalue weighted by atomic mass is 10.0. The van der Waals surface area contributed by atoms with Crippen LogP contribution < -0.4 is 5.32 Å². The van der Waals surface area contributed by atoms with Gasteiger partial charge < -0.3 is 20.3 Å². The number of carbonyl (C=O) groups excluding carboxylic acids is 2. The summed E-state index contributed by atoms with van der Waals surface area (Å²) in [5, 5.41) is 23.8. The highest BCUT2D eigenvalue weighted by Gasteiger charge is 2.24. The second kappa shape index (κ2) is 49.8. The highest BCUT2D eigenvalue weighted by atomic mass is 16.5. The molecule has 1 amide bonds. The van der Waals surface area contributed by atoms with Crippen molar-refractivity contribution >= 4 is 11.9 Å². The number of rotatable bonds is 48. The van der Waals surface area contributed by atoms with E-state index in [4.69, 9.17) is 4.74 Å². The van der Waals surface area contributed by atoms with Gasteiger partial charge in [0, 0.05) is 6.42 Å². The first-order valence-electron chi connectivity index (χ1n) is 26.9. The van der Waals surface area contributed by atoms with Crippen LogP contribution in [0, 0.1) is 0 Å². The van der Waals surface area contributed by atoms with Gasteiger partial charge >= 0.3 is 5.97 Å². The predicted octanol–water partition coefficient (Wildman–Crippen LogP) is 16.2. The van der Waals surface area contributed by atoms with Crippen molar-refractivity contribution in [2.75, 3.05) is 6.61 Å². The molecule has 3 unspecified atom stereocenters. The summed E-state index contributed by atoms with van der Waals surface area (Å²) in [6.07, 6.45) is 60.4. The maximum atomic E-state index is 13.2. The van der Waals surface area contributed by atoms with Crippen LogP contribution in [-0.4, -0.2) is 46.9 Å². The van der Waals surface area contributed by atoms with E-state index in [1.807, 2.05) is 6.08 Å². The summed E-state index contributed by atoms with van der Waals surface area (Å²) < 4.78 is 5.91. The minimum Gasteiger partial charge on any atom is -0.462 e. The molecule has 0 radical (unpaired) electrons. The standard InChI is InChI=1S/C56H103NO5/c1-4-7-10-13-16-19-22-24-26-27-29-30-33-36-39-42-45-48-54(59)53(51-58)57-55(60)50-52(47-44-41-38-35-32-21-18-15-12-9-6-3)62-56(61)49-46-43-40-37-34-31-28-25-23-20-17-14-11-8-5-2/h9,12,15,18,20-21,23,32,52-54,58-59H,4-8,10-11,13-14,16-17,19,22,24-31,33-51H2,1-3H3,(H,57,60)/b12-9+,18-15+,23-20-,32-21-.